The number of hydrogen-bond donors (Lipinski definition) is 1. The molecule has 0 unspecified atom stereocenters. The van der Waals surface area contributed by atoms with Crippen LogP contribution in [0.5, 0.6) is 5.75 Å². The maximum absolute atomic E-state index is 12.1. The molecular weight excluding hydrogens is 231 g/mol. The van der Waals surface area contributed by atoms with Crippen LogP contribution in [0.2, 0.25) is 0 Å². The summed E-state index contributed by atoms with van der Waals surface area (Å²) in [4.78, 5) is 0. The zero-order valence-corrected chi connectivity index (χ0v) is 9.64. The van der Waals surface area contributed by atoms with Crippen molar-refractivity contribution >= 4 is 5.69 Å². The average Bonchev–Trinajstić information content (AvgIpc) is 2.57. The van der Waals surface area contributed by atoms with Gasteiger partial charge in [-0.25, -0.2) is 0 Å². The molecule has 1 atom stereocenters. The lowest BCUT2D eigenvalue weighted by Gasteiger charge is -2.15. The zero-order valence-electron chi connectivity index (χ0n) is 9.64. The van der Waals surface area contributed by atoms with Gasteiger partial charge < -0.3 is 10.1 Å². The Labute approximate surface area is 97.8 Å². The van der Waals surface area contributed by atoms with Crippen LogP contribution in [0.15, 0.2) is 18.2 Å². The molecule has 1 heterocycles. The van der Waals surface area contributed by atoms with Gasteiger partial charge in [0.2, 0.25) is 0 Å². The van der Waals surface area contributed by atoms with Gasteiger partial charge in [0.1, 0.15) is 5.75 Å². The smallest absolute Gasteiger partial charge is 0.406 e. The first-order valence-electron chi connectivity index (χ1n) is 5.50. The molecule has 94 valence electrons. The third-order valence-corrected chi connectivity index (χ3v) is 2.97. The van der Waals surface area contributed by atoms with Crippen molar-refractivity contribution in [1.29, 1.82) is 0 Å². The van der Waals surface area contributed by atoms with Gasteiger partial charge in [-0.2, -0.15) is 0 Å². The Kier molecular flexibility index (Phi) is 2.93. The first-order chi connectivity index (χ1) is 7.87. The zero-order chi connectivity index (χ0) is 12.6. The first-order valence-corrected chi connectivity index (χ1v) is 5.50. The second kappa shape index (κ2) is 4.13. The van der Waals surface area contributed by atoms with Gasteiger partial charge in [-0.3, -0.25) is 0 Å². The van der Waals surface area contributed by atoms with Crippen LogP contribution in [0.4, 0.5) is 18.9 Å². The van der Waals surface area contributed by atoms with Gasteiger partial charge in [0.15, 0.2) is 0 Å². The number of rotatable bonds is 2. The van der Waals surface area contributed by atoms with E-state index >= 15 is 0 Å². The van der Waals surface area contributed by atoms with E-state index in [1.807, 2.05) is 0 Å². The lowest BCUT2D eigenvalue weighted by Crippen LogP contribution is -2.17. The van der Waals surface area contributed by atoms with Crippen LogP contribution in [0.1, 0.15) is 25.3 Å². The fourth-order valence-electron chi connectivity index (χ4n) is 2.13. The molecule has 5 heteroatoms. The van der Waals surface area contributed by atoms with Crippen LogP contribution in [0, 0.1) is 5.92 Å². The van der Waals surface area contributed by atoms with Crippen LogP contribution in [-0.2, 0) is 0 Å². The van der Waals surface area contributed by atoms with E-state index < -0.39 is 6.36 Å². The van der Waals surface area contributed by atoms with Gasteiger partial charge in [-0.05, 0) is 29.7 Å². The van der Waals surface area contributed by atoms with Crippen molar-refractivity contribution in [1.82, 2.24) is 0 Å². The van der Waals surface area contributed by atoms with Crippen molar-refractivity contribution in [3.63, 3.8) is 0 Å². The van der Waals surface area contributed by atoms with Gasteiger partial charge in [0, 0.05) is 18.2 Å². The summed E-state index contributed by atoms with van der Waals surface area (Å²) in [5.74, 6) is 0.470. The van der Waals surface area contributed by atoms with E-state index in [2.05, 4.69) is 23.9 Å². The predicted molar refractivity (Wildman–Crippen MR) is 59.2 cm³/mol. The number of halogens is 3. The monoisotopic (exact) mass is 245 g/mol. The maximum Gasteiger partial charge on any atom is 0.573 e. The molecule has 0 amide bonds. The lowest BCUT2D eigenvalue weighted by atomic mass is 9.90. The summed E-state index contributed by atoms with van der Waals surface area (Å²) in [6.45, 7) is 4.87. The van der Waals surface area contributed by atoms with Crippen LogP contribution in [0.3, 0.4) is 0 Å². The molecule has 0 aliphatic carbocycles. The Morgan fingerprint density at radius 3 is 2.65 bits per heavy atom. The van der Waals surface area contributed by atoms with E-state index in [-0.39, 0.29) is 11.7 Å². The number of anilines is 1. The molecule has 1 aliphatic heterocycles. The van der Waals surface area contributed by atoms with Gasteiger partial charge in [0.05, 0.1) is 0 Å². The summed E-state index contributed by atoms with van der Waals surface area (Å²) in [6, 6.07) is 4.45. The van der Waals surface area contributed by atoms with E-state index in [9.17, 15) is 13.2 Å². The Hall–Kier alpha value is -1.39. The molecule has 17 heavy (non-hydrogen) atoms. The standard InChI is InChI=1S/C12H14F3NO/c1-7(2)10-6-16-11-4-3-8(5-9(10)11)17-12(13,14)15/h3-5,7,10,16H,6H2,1-2H3/t10-/m1/s1. The quantitative estimate of drug-likeness (QED) is 0.856. The van der Waals surface area contributed by atoms with Gasteiger partial charge in [0.25, 0.3) is 0 Å². The van der Waals surface area contributed by atoms with E-state index in [1.54, 1.807) is 6.07 Å². The third kappa shape index (κ3) is 2.65. The second-order valence-electron chi connectivity index (χ2n) is 4.53. The fourth-order valence-corrected chi connectivity index (χ4v) is 2.13. The summed E-state index contributed by atoms with van der Waals surface area (Å²) < 4.78 is 40.3. The Morgan fingerprint density at radius 2 is 2.06 bits per heavy atom. The molecule has 1 aromatic rings. The summed E-state index contributed by atoms with van der Waals surface area (Å²) in [5.41, 5.74) is 1.81. The van der Waals surface area contributed by atoms with Gasteiger partial charge in [-0.15, -0.1) is 13.2 Å². The Morgan fingerprint density at radius 1 is 1.35 bits per heavy atom. The molecule has 0 saturated heterocycles. The first kappa shape index (κ1) is 12.1. The van der Waals surface area contributed by atoms with E-state index in [0.717, 1.165) is 17.8 Å². The molecule has 2 nitrogen and oxygen atoms in total. The highest BCUT2D eigenvalue weighted by Gasteiger charge is 2.32. The van der Waals surface area contributed by atoms with Crippen molar-refractivity contribution in [3.8, 4) is 5.75 Å². The van der Waals surface area contributed by atoms with Crippen LogP contribution < -0.4 is 10.1 Å². The molecule has 0 saturated carbocycles. The summed E-state index contributed by atoms with van der Waals surface area (Å²) in [7, 11) is 0. The molecular formula is C12H14F3NO. The minimum absolute atomic E-state index is 0.148. The second-order valence-corrected chi connectivity index (χ2v) is 4.53. The number of alkyl halides is 3. The molecule has 1 N–H and O–H groups in total. The Balaban J connectivity index is 2.27. The van der Waals surface area contributed by atoms with Crippen molar-refractivity contribution < 1.29 is 17.9 Å². The fraction of sp³-hybridized carbons (Fsp3) is 0.500. The van der Waals surface area contributed by atoms with Crippen LogP contribution >= 0.6 is 0 Å². The predicted octanol–water partition coefficient (Wildman–Crippen LogP) is 3.75. The summed E-state index contributed by atoms with van der Waals surface area (Å²) in [5, 5.41) is 3.18. The molecule has 1 aliphatic rings. The van der Waals surface area contributed by atoms with Crippen LogP contribution in [0.25, 0.3) is 0 Å². The van der Waals surface area contributed by atoms with Crippen molar-refractivity contribution in [2.24, 2.45) is 5.92 Å². The van der Waals surface area contributed by atoms with Gasteiger partial charge >= 0.3 is 6.36 Å². The molecule has 0 bridgehead atoms. The van der Waals surface area contributed by atoms with Crippen molar-refractivity contribution in [2.45, 2.75) is 26.1 Å². The summed E-state index contributed by atoms with van der Waals surface area (Å²) >= 11 is 0. The molecule has 0 aromatic heterocycles. The lowest BCUT2D eigenvalue weighted by molar-refractivity contribution is -0.274. The number of nitrogens with one attached hydrogen (secondary N) is 1. The Bertz CT molecular complexity index is 415. The highest BCUT2D eigenvalue weighted by Crippen LogP contribution is 2.39. The molecule has 2 rings (SSSR count). The van der Waals surface area contributed by atoms with E-state index in [0.29, 0.717) is 5.92 Å². The number of fused-ring (bicyclic) bond motifs is 1. The SMILES string of the molecule is CC(C)[C@H]1CNc2ccc(OC(F)(F)F)cc21. The highest BCUT2D eigenvalue weighted by molar-refractivity contribution is 5.60. The number of benzene rings is 1. The molecule has 0 fully saturated rings. The van der Waals surface area contributed by atoms with Crippen LogP contribution in [-0.4, -0.2) is 12.9 Å². The van der Waals surface area contributed by atoms with Gasteiger partial charge in [-0.1, -0.05) is 13.8 Å². The third-order valence-electron chi connectivity index (χ3n) is 2.97. The highest BCUT2D eigenvalue weighted by atomic mass is 19.4. The normalized spacial score (nSPS) is 19.1. The topological polar surface area (TPSA) is 21.3 Å². The number of ether oxygens (including phenoxy) is 1. The van der Waals surface area contributed by atoms with E-state index in [4.69, 9.17) is 0 Å². The molecule has 0 radical (unpaired) electrons. The number of hydrogen-bond acceptors (Lipinski definition) is 2. The summed E-state index contributed by atoms with van der Waals surface area (Å²) in [6.07, 6.45) is -4.63. The molecule has 0 spiro atoms. The average molecular weight is 245 g/mol. The molecule has 1 aromatic carbocycles. The largest absolute Gasteiger partial charge is 0.573 e. The maximum atomic E-state index is 12.1. The minimum atomic E-state index is -4.63. The van der Waals surface area contributed by atoms with Crippen molar-refractivity contribution in [2.75, 3.05) is 11.9 Å². The minimum Gasteiger partial charge on any atom is -0.406 e. The van der Waals surface area contributed by atoms with E-state index in [1.165, 1.54) is 12.1 Å². The van der Waals surface area contributed by atoms with Crippen molar-refractivity contribution in [3.05, 3.63) is 23.8 Å².